The molecule has 1 aliphatic heterocycles. The van der Waals surface area contributed by atoms with Gasteiger partial charge in [-0.15, -0.1) is 18.3 Å². The highest BCUT2D eigenvalue weighted by atomic mass is 32.2. The molecule has 1 heterocycles. The molecule has 1 amide bonds. The first kappa shape index (κ1) is 22.4. The van der Waals surface area contributed by atoms with Gasteiger partial charge in [-0.2, -0.15) is 0 Å². The topological polar surface area (TPSA) is 35.6 Å². The van der Waals surface area contributed by atoms with Gasteiger partial charge < -0.3 is 10.2 Å². The van der Waals surface area contributed by atoms with E-state index in [9.17, 15) is 4.79 Å². The molecular weight excluding hydrogens is 390 g/mol. The van der Waals surface area contributed by atoms with Gasteiger partial charge in [0.25, 0.3) is 0 Å². The van der Waals surface area contributed by atoms with Gasteiger partial charge in [-0.3, -0.25) is 9.69 Å². The van der Waals surface area contributed by atoms with Crippen molar-refractivity contribution >= 4 is 29.0 Å². The van der Waals surface area contributed by atoms with E-state index in [4.69, 9.17) is 0 Å². The van der Waals surface area contributed by atoms with Gasteiger partial charge in [0.1, 0.15) is 0 Å². The minimum Gasteiger partial charge on any atom is -0.367 e. The Labute approximate surface area is 185 Å². The van der Waals surface area contributed by atoms with Crippen molar-refractivity contribution in [3.05, 3.63) is 66.7 Å². The number of amides is 1. The maximum atomic E-state index is 12.6. The first-order valence-corrected chi connectivity index (χ1v) is 11.6. The number of rotatable bonds is 7. The van der Waals surface area contributed by atoms with Crippen LogP contribution in [0, 0.1) is 0 Å². The number of hydrogen-bond acceptors (Lipinski definition) is 4. The minimum absolute atomic E-state index is 0.0256. The van der Waals surface area contributed by atoms with Gasteiger partial charge in [-0.1, -0.05) is 51.1 Å². The van der Waals surface area contributed by atoms with Crippen molar-refractivity contribution in [2.75, 3.05) is 48.7 Å². The molecule has 0 aromatic heterocycles. The smallest absolute Gasteiger partial charge is 0.234 e. The molecule has 0 radical (unpaired) electrons. The Hall–Kier alpha value is -2.24. The lowest BCUT2D eigenvalue weighted by Crippen LogP contribution is -2.46. The summed E-state index contributed by atoms with van der Waals surface area (Å²) in [5.74, 6) is 0.425. The van der Waals surface area contributed by atoms with Crippen LogP contribution in [-0.2, 0) is 10.2 Å². The van der Waals surface area contributed by atoms with E-state index in [1.54, 1.807) is 11.8 Å². The summed E-state index contributed by atoms with van der Waals surface area (Å²) in [6.07, 6.45) is 1.96. The molecule has 1 aliphatic rings. The fourth-order valence-corrected chi connectivity index (χ4v) is 4.29. The Kier molecular flexibility index (Phi) is 7.62. The molecule has 0 bridgehead atoms. The quantitative estimate of drug-likeness (QED) is 0.501. The number of carbonyl (C=O) groups is 1. The predicted octanol–water partition coefficient (Wildman–Crippen LogP) is 5.02. The fraction of sp³-hybridized carbons (Fsp3) is 0.400. The van der Waals surface area contributed by atoms with Crippen molar-refractivity contribution < 1.29 is 4.79 Å². The lowest BCUT2D eigenvalue weighted by atomic mass is 9.87. The van der Waals surface area contributed by atoms with Gasteiger partial charge in [0.2, 0.25) is 5.91 Å². The second kappa shape index (κ2) is 10.2. The summed E-state index contributed by atoms with van der Waals surface area (Å²) >= 11 is 1.57. The second-order valence-electron chi connectivity index (χ2n) is 8.70. The van der Waals surface area contributed by atoms with Crippen LogP contribution in [0.3, 0.4) is 0 Å². The Morgan fingerprint density at radius 2 is 1.73 bits per heavy atom. The van der Waals surface area contributed by atoms with Gasteiger partial charge in [0, 0.05) is 37.6 Å². The highest BCUT2D eigenvalue weighted by molar-refractivity contribution is 8.00. The lowest BCUT2D eigenvalue weighted by Gasteiger charge is -2.36. The summed E-state index contributed by atoms with van der Waals surface area (Å²) in [7, 11) is 0. The Morgan fingerprint density at radius 3 is 2.37 bits per heavy atom. The van der Waals surface area contributed by atoms with Crippen molar-refractivity contribution in [3.63, 3.8) is 0 Å². The van der Waals surface area contributed by atoms with Gasteiger partial charge >= 0.3 is 0 Å². The molecule has 1 fully saturated rings. The molecular formula is C25H33N3OS. The van der Waals surface area contributed by atoms with Crippen LogP contribution in [0.1, 0.15) is 26.3 Å². The van der Waals surface area contributed by atoms with Crippen LogP contribution in [-0.4, -0.2) is 49.3 Å². The zero-order valence-electron chi connectivity index (χ0n) is 18.4. The van der Waals surface area contributed by atoms with Crippen LogP contribution in [0.4, 0.5) is 11.4 Å². The van der Waals surface area contributed by atoms with Crippen LogP contribution in [0.2, 0.25) is 0 Å². The van der Waals surface area contributed by atoms with E-state index in [2.05, 4.69) is 72.8 Å². The van der Waals surface area contributed by atoms with Gasteiger partial charge in [0.05, 0.1) is 17.1 Å². The average molecular weight is 424 g/mol. The SMILES string of the molecule is C=CCN1CCN(c2ccccc2NC(=O)CSc2ccc(C(C)(C)C)cc2)CC1. The molecule has 0 saturated carbocycles. The molecule has 2 aromatic rings. The highest BCUT2D eigenvalue weighted by Crippen LogP contribution is 2.28. The molecule has 0 aliphatic carbocycles. The predicted molar refractivity (Wildman–Crippen MR) is 130 cm³/mol. The Balaban J connectivity index is 1.56. The maximum absolute atomic E-state index is 12.6. The summed E-state index contributed by atoms with van der Waals surface area (Å²) in [6, 6.07) is 16.6. The molecule has 0 unspecified atom stereocenters. The molecule has 5 heteroatoms. The minimum atomic E-state index is 0.0256. The molecule has 1 N–H and O–H groups in total. The summed E-state index contributed by atoms with van der Waals surface area (Å²) in [5.41, 5.74) is 3.44. The molecule has 30 heavy (non-hydrogen) atoms. The van der Waals surface area contributed by atoms with E-state index < -0.39 is 0 Å². The second-order valence-corrected chi connectivity index (χ2v) is 9.75. The van der Waals surface area contributed by atoms with Crippen molar-refractivity contribution in [3.8, 4) is 0 Å². The van der Waals surface area contributed by atoms with Crippen LogP contribution < -0.4 is 10.2 Å². The average Bonchev–Trinajstić information content (AvgIpc) is 2.73. The third-order valence-electron chi connectivity index (χ3n) is 5.37. The molecule has 160 valence electrons. The van der Waals surface area contributed by atoms with Crippen molar-refractivity contribution in [1.29, 1.82) is 0 Å². The number of carbonyl (C=O) groups excluding carboxylic acids is 1. The first-order chi connectivity index (χ1) is 14.4. The van der Waals surface area contributed by atoms with Crippen LogP contribution >= 0.6 is 11.8 Å². The van der Waals surface area contributed by atoms with Crippen molar-refractivity contribution in [2.45, 2.75) is 31.1 Å². The van der Waals surface area contributed by atoms with E-state index >= 15 is 0 Å². The molecule has 4 nitrogen and oxygen atoms in total. The fourth-order valence-electron chi connectivity index (χ4n) is 3.60. The number of hydrogen-bond donors (Lipinski definition) is 1. The Bertz CT molecular complexity index is 849. The van der Waals surface area contributed by atoms with E-state index in [0.29, 0.717) is 5.75 Å². The van der Waals surface area contributed by atoms with Crippen molar-refractivity contribution in [1.82, 2.24) is 4.90 Å². The van der Waals surface area contributed by atoms with E-state index in [1.165, 1.54) is 5.56 Å². The number of thioether (sulfide) groups is 1. The zero-order chi connectivity index (χ0) is 21.6. The summed E-state index contributed by atoms with van der Waals surface area (Å²) in [6.45, 7) is 15.3. The Morgan fingerprint density at radius 1 is 1.07 bits per heavy atom. The largest absolute Gasteiger partial charge is 0.367 e. The van der Waals surface area contributed by atoms with Gasteiger partial charge in [-0.25, -0.2) is 0 Å². The number of piperazine rings is 1. The highest BCUT2D eigenvalue weighted by Gasteiger charge is 2.19. The van der Waals surface area contributed by atoms with Gasteiger partial charge in [0.15, 0.2) is 0 Å². The lowest BCUT2D eigenvalue weighted by molar-refractivity contribution is -0.113. The van der Waals surface area contributed by atoms with Crippen LogP contribution in [0.15, 0.2) is 66.1 Å². The monoisotopic (exact) mass is 423 g/mol. The summed E-state index contributed by atoms with van der Waals surface area (Å²) < 4.78 is 0. The van der Waals surface area contributed by atoms with E-state index in [-0.39, 0.29) is 11.3 Å². The molecule has 1 saturated heterocycles. The van der Waals surface area contributed by atoms with Crippen LogP contribution in [0.5, 0.6) is 0 Å². The zero-order valence-corrected chi connectivity index (χ0v) is 19.2. The molecule has 3 rings (SSSR count). The number of anilines is 2. The molecule has 2 aromatic carbocycles. The standard InChI is InChI=1S/C25H33N3OS/c1-5-14-27-15-17-28(18-16-27)23-9-7-6-8-22(23)26-24(29)19-30-21-12-10-20(11-13-21)25(2,3)4/h5-13H,1,14-19H2,2-4H3,(H,26,29). The number of nitrogens with zero attached hydrogens (tertiary/aromatic N) is 2. The maximum Gasteiger partial charge on any atom is 0.234 e. The third-order valence-corrected chi connectivity index (χ3v) is 6.38. The molecule has 0 spiro atoms. The van der Waals surface area contributed by atoms with E-state index in [0.717, 1.165) is 49.0 Å². The molecule has 0 atom stereocenters. The van der Waals surface area contributed by atoms with Gasteiger partial charge in [-0.05, 0) is 35.2 Å². The number of para-hydroxylation sites is 2. The normalized spacial score (nSPS) is 15.1. The first-order valence-electron chi connectivity index (χ1n) is 10.6. The number of nitrogens with one attached hydrogen (secondary N) is 1. The summed E-state index contributed by atoms with van der Waals surface area (Å²) in [4.78, 5) is 18.5. The third kappa shape index (κ3) is 6.13. The van der Waals surface area contributed by atoms with Crippen molar-refractivity contribution in [2.24, 2.45) is 0 Å². The van der Waals surface area contributed by atoms with Crippen LogP contribution in [0.25, 0.3) is 0 Å². The summed E-state index contributed by atoms with van der Waals surface area (Å²) in [5, 5.41) is 3.12. The number of benzene rings is 2. The van der Waals surface area contributed by atoms with E-state index in [1.807, 2.05) is 24.3 Å².